The number of rotatable bonds is 7. The Balaban J connectivity index is 1.47. The van der Waals surface area contributed by atoms with E-state index in [0.29, 0.717) is 27.0 Å². The first kappa shape index (κ1) is 26.5. The quantitative estimate of drug-likeness (QED) is 0.250. The lowest BCUT2D eigenvalue weighted by molar-refractivity contribution is -0.131. The average molecular weight is 533 g/mol. The Bertz CT molecular complexity index is 1290. The van der Waals surface area contributed by atoms with E-state index in [1.54, 1.807) is 4.90 Å². The first-order valence-electron chi connectivity index (χ1n) is 12.0. The van der Waals surface area contributed by atoms with Crippen LogP contribution in [-0.4, -0.2) is 45.8 Å². The molecule has 1 aromatic heterocycles. The summed E-state index contributed by atoms with van der Waals surface area (Å²) in [6.07, 6.45) is 4.48. The number of nitrogens with one attached hydrogen (secondary N) is 1. The summed E-state index contributed by atoms with van der Waals surface area (Å²) in [4.78, 5) is 40.4. The number of hydrogen-bond donors (Lipinski definition) is 2. The summed E-state index contributed by atoms with van der Waals surface area (Å²) in [5.74, 6) is -0.380. The molecule has 190 valence electrons. The number of carbonyl (C=O) groups is 3. The number of carbonyl (C=O) groups excluding carboxylic acids is 3. The van der Waals surface area contributed by atoms with Crippen LogP contribution in [0.15, 0.2) is 64.0 Å². The van der Waals surface area contributed by atoms with Crippen LogP contribution in [0.1, 0.15) is 41.5 Å². The Morgan fingerprint density at radius 2 is 1.46 bits per heavy atom. The van der Waals surface area contributed by atoms with Gasteiger partial charge in [0, 0.05) is 37.1 Å². The number of thiol groups is 1. The lowest BCUT2D eigenvalue weighted by atomic mass is 9.93. The fourth-order valence-corrected chi connectivity index (χ4v) is 4.75. The number of aromatic nitrogens is 2. The fourth-order valence-electron chi connectivity index (χ4n) is 3.95. The molecule has 4 rings (SSSR count). The molecule has 0 saturated carbocycles. The summed E-state index contributed by atoms with van der Waals surface area (Å²) < 4.78 is 0.467. The van der Waals surface area contributed by atoms with Crippen LogP contribution < -0.4 is 5.32 Å². The molecule has 2 amide bonds. The summed E-state index contributed by atoms with van der Waals surface area (Å²) >= 11 is 5.26. The number of piperidine rings is 1. The summed E-state index contributed by atoms with van der Waals surface area (Å²) in [5.41, 5.74) is 5.23. The van der Waals surface area contributed by atoms with Crippen molar-refractivity contribution in [1.29, 1.82) is 0 Å². The molecule has 9 heteroatoms. The van der Waals surface area contributed by atoms with Crippen molar-refractivity contribution >= 4 is 58.8 Å². The molecule has 7 nitrogen and oxygen atoms in total. The van der Waals surface area contributed by atoms with Gasteiger partial charge >= 0.3 is 0 Å². The number of ketones is 1. The first-order chi connectivity index (χ1) is 17.8. The summed E-state index contributed by atoms with van der Waals surface area (Å²) in [6.45, 7) is 4.49. The molecular formula is C28H28N4O3S2. The Labute approximate surface area is 225 Å². The van der Waals surface area contributed by atoms with Gasteiger partial charge in [0.25, 0.3) is 0 Å². The number of nitrogens with zero attached hydrogens (tertiary/aromatic N) is 3. The van der Waals surface area contributed by atoms with Crippen molar-refractivity contribution in [3.05, 3.63) is 81.9 Å². The van der Waals surface area contributed by atoms with Gasteiger partial charge < -0.3 is 10.2 Å². The lowest BCUT2D eigenvalue weighted by Gasteiger charge is -2.30. The molecule has 0 aliphatic carbocycles. The number of Topliss-reactive ketones (excluding diaryl/α,β-unsaturated/α-hetero) is 1. The molecule has 1 N–H and O–H groups in total. The van der Waals surface area contributed by atoms with Crippen molar-refractivity contribution in [2.24, 2.45) is 0 Å². The van der Waals surface area contributed by atoms with Crippen LogP contribution in [0.2, 0.25) is 0 Å². The van der Waals surface area contributed by atoms with Crippen molar-refractivity contribution in [2.75, 3.05) is 18.4 Å². The zero-order valence-corrected chi connectivity index (χ0v) is 22.4. The third-order valence-electron chi connectivity index (χ3n) is 5.95. The topological polar surface area (TPSA) is 92.3 Å². The van der Waals surface area contributed by atoms with Gasteiger partial charge in [0.05, 0.1) is 0 Å². The molecule has 2 heterocycles. The van der Waals surface area contributed by atoms with Gasteiger partial charge in [-0.25, -0.2) is 0 Å². The van der Waals surface area contributed by atoms with Gasteiger partial charge in [-0.2, -0.15) is 0 Å². The van der Waals surface area contributed by atoms with Crippen LogP contribution in [0.4, 0.5) is 5.13 Å². The van der Waals surface area contributed by atoms with Crippen molar-refractivity contribution in [3.8, 4) is 0 Å². The molecule has 0 atom stereocenters. The normalized spacial score (nSPS) is 15.9. The second kappa shape index (κ2) is 12.1. The van der Waals surface area contributed by atoms with E-state index < -0.39 is 0 Å². The predicted octanol–water partition coefficient (Wildman–Crippen LogP) is 5.13. The third kappa shape index (κ3) is 7.47. The number of amides is 2. The molecule has 1 saturated heterocycles. The lowest BCUT2D eigenvalue weighted by Crippen LogP contribution is -2.41. The van der Waals surface area contributed by atoms with E-state index in [2.05, 4.69) is 28.1 Å². The molecule has 0 radical (unpaired) electrons. The minimum Gasteiger partial charge on any atom is -0.334 e. The van der Waals surface area contributed by atoms with E-state index in [0.717, 1.165) is 22.3 Å². The highest BCUT2D eigenvalue weighted by atomic mass is 32.2. The number of likely N-dealkylation sites (tertiary alicyclic amines) is 1. The molecular weight excluding hydrogens is 504 g/mol. The van der Waals surface area contributed by atoms with Gasteiger partial charge in [-0.1, -0.05) is 71.0 Å². The maximum absolute atomic E-state index is 13.4. The Hall–Kier alpha value is -3.56. The SMILES string of the molecule is Cc1ccc(/C=C2\CN(C(=O)CCCC(=O)Nc3nnc(S)s3)C/C(=C\c3ccc(C)cc3)C2=O)cc1. The van der Waals surface area contributed by atoms with Crippen molar-refractivity contribution in [2.45, 2.75) is 37.4 Å². The zero-order valence-electron chi connectivity index (χ0n) is 20.7. The van der Waals surface area contributed by atoms with Crippen molar-refractivity contribution in [3.63, 3.8) is 0 Å². The minimum atomic E-state index is -0.231. The molecule has 1 aliphatic rings. The summed E-state index contributed by atoms with van der Waals surface area (Å²) in [6, 6.07) is 15.8. The zero-order chi connectivity index (χ0) is 26.4. The van der Waals surface area contributed by atoms with Crippen LogP contribution in [0.5, 0.6) is 0 Å². The number of anilines is 1. The average Bonchev–Trinajstić information content (AvgIpc) is 3.28. The Morgan fingerprint density at radius 1 is 0.919 bits per heavy atom. The summed E-state index contributed by atoms with van der Waals surface area (Å²) in [5, 5.41) is 10.6. The van der Waals surface area contributed by atoms with Crippen LogP contribution in [0.25, 0.3) is 12.2 Å². The first-order valence-corrected chi connectivity index (χ1v) is 13.2. The highest BCUT2D eigenvalue weighted by molar-refractivity contribution is 7.82. The maximum atomic E-state index is 13.4. The maximum Gasteiger partial charge on any atom is 0.226 e. The van der Waals surface area contributed by atoms with Crippen molar-refractivity contribution < 1.29 is 14.4 Å². The third-order valence-corrected chi connectivity index (χ3v) is 6.95. The smallest absolute Gasteiger partial charge is 0.226 e. The predicted molar refractivity (Wildman–Crippen MR) is 150 cm³/mol. The van der Waals surface area contributed by atoms with E-state index in [1.807, 2.05) is 74.5 Å². The van der Waals surface area contributed by atoms with Gasteiger partial charge in [-0.05, 0) is 43.5 Å². The second-order valence-electron chi connectivity index (χ2n) is 9.03. The molecule has 1 aliphatic heterocycles. The molecule has 0 bridgehead atoms. The van der Waals surface area contributed by atoms with Crippen LogP contribution >= 0.6 is 24.0 Å². The molecule has 2 aromatic carbocycles. The largest absolute Gasteiger partial charge is 0.334 e. The van der Waals surface area contributed by atoms with Gasteiger partial charge in [-0.15, -0.1) is 22.8 Å². The fraction of sp³-hybridized carbons (Fsp3) is 0.250. The highest BCUT2D eigenvalue weighted by Crippen LogP contribution is 2.24. The molecule has 3 aromatic rings. The van der Waals surface area contributed by atoms with E-state index >= 15 is 0 Å². The van der Waals surface area contributed by atoms with E-state index in [9.17, 15) is 14.4 Å². The molecule has 0 spiro atoms. The van der Waals surface area contributed by atoms with Crippen LogP contribution in [-0.2, 0) is 14.4 Å². The van der Waals surface area contributed by atoms with E-state index in [-0.39, 0.29) is 43.5 Å². The number of benzene rings is 2. The summed E-state index contributed by atoms with van der Waals surface area (Å²) in [7, 11) is 0. The monoisotopic (exact) mass is 532 g/mol. The highest BCUT2D eigenvalue weighted by Gasteiger charge is 2.29. The van der Waals surface area contributed by atoms with Gasteiger partial charge in [0.15, 0.2) is 10.1 Å². The van der Waals surface area contributed by atoms with E-state index in [4.69, 9.17) is 0 Å². The Kier molecular flexibility index (Phi) is 8.68. The van der Waals surface area contributed by atoms with Crippen LogP contribution in [0, 0.1) is 13.8 Å². The minimum absolute atomic E-state index is 0.0507. The molecule has 0 unspecified atom stereocenters. The standard InChI is InChI=1S/C28H28N4O3S2/c1-18-6-10-20(11-7-18)14-22-16-32(17-23(26(22)35)15-21-12-8-19(2)9-13-21)25(34)5-3-4-24(33)29-27-30-31-28(36)37-27/h6-15H,3-5,16-17H2,1-2H3,(H,31,36)(H,29,30,33)/b22-14+,23-15+. The molecule has 37 heavy (non-hydrogen) atoms. The van der Waals surface area contributed by atoms with E-state index in [1.165, 1.54) is 11.3 Å². The second-order valence-corrected chi connectivity index (χ2v) is 10.7. The Morgan fingerprint density at radius 3 is 1.95 bits per heavy atom. The number of hydrogen-bond acceptors (Lipinski definition) is 7. The van der Waals surface area contributed by atoms with Crippen molar-refractivity contribution in [1.82, 2.24) is 15.1 Å². The molecule has 1 fully saturated rings. The van der Waals surface area contributed by atoms with Gasteiger partial charge in [0.2, 0.25) is 16.9 Å². The van der Waals surface area contributed by atoms with Gasteiger partial charge in [-0.3, -0.25) is 14.4 Å². The number of aryl methyl sites for hydroxylation is 2. The van der Waals surface area contributed by atoms with Crippen LogP contribution in [0.3, 0.4) is 0 Å². The van der Waals surface area contributed by atoms with Gasteiger partial charge in [0.1, 0.15) is 0 Å².